The van der Waals surface area contributed by atoms with Gasteiger partial charge >= 0.3 is 8.16 Å². The second kappa shape index (κ2) is 8.18. The summed E-state index contributed by atoms with van der Waals surface area (Å²) >= 11 is 0. The molecule has 0 unspecified atom stereocenters. The lowest BCUT2D eigenvalue weighted by molar-refractivity contribution is 0.614. The largest absolute Gasteiger partial charge is 0.408 e. The van der Waals surface area contributed by atoms with E-state index in [-0.39, 0.29) is 0 Å². The van der Waals surface area contributed by atoms with Crippen LogP contribution in [-0.2, 0) is 0 Å². The molecule has 0 N–H and O–H groups in total. The standard InChI is InChI=1S/C26H26NO2P/c1-3-17-27(18-4-2)30-28-23-15-13-19-9-5-7-11-21(19)25(23)26-22-12-8-6-10-20(22)14-16-24(26)29-30/h5-16H,3-4,17-18H2,1-2H3. The molecular formula is C26H26NO2P. The third kappa shape index (κ3) is 3.29. The molecule has 1 heterocycles. The summed E-state index contributed by atoms with van der Waals surface area (Å²) in [6.45, 7) is 6.34. The first-order chi connectivity index (χ1) is 14.8. The quantitative estimate of drug-likeness (QED) is 0.289. The van der Waals surface area contributed by atoms with E-state index in [9.17, 15) is 0 Å². The highest BCUT2D eigenvalue weighted by atomic mass is 31.1. The summed E-state index contributed by atoms with van der Waals surface area (Å²) < 4.78 is 15.6. The average Bonchev–Trinajstić information content (AvgIpc) is 2.96. The summed E-state index contributed by atoms with van der Waals surface area (Å²) in [7, 11) is -1.22. The van der Waals surface area contributed by atoms with Crippen LogP contribution in [0.15, 0.2) is 81.2 Å². The lowest BCUT2D eigenvalue weighted by Crippen LogP contribution is -2.21. The topological polar surface area (TPSA) is 29.5 Å². The molecule has 5 rings (SSSR count). The predicted molar refractivity (Wildman–Crippen MR) is 130 cm³/mol. The third-order valence-electron chi connectivity index (χ3n) is 5.58. The van der Waals surface area contributed by atoms with E-state index in [1.54, 1.807) is 0 Å². The Morgan fingerprint density at radius 3 is 1.57 bits per heavy atom. The van der Waals surface area contributed by atoms with E-state index >= 15 is 0 Å². The van der Waals surface area contributed by atoms with Crippen molar-refractivity contribution in [3.8, 4) is 0 Å². The maximum atomic E-state index is 6.63. The van der Waals surface area contributed by atoms with Crippen molar-refractivity contribution in [1.29, 1.82) is 0 Å². The maximum Gasteiger partial charge on any atom is 0.309 e. The van der Waals surface area contributed by atoms with Gasteiger partial charge in [-0.2, -0.15) is 0 Å². The Kier molecular flexibility index (Phi) is 5.25. The number of hydrogen-bond acceptors (Lipinski definition) is 3. The fraction of sp³-hybridized carbons (Fsp3) is 0.231. The van der Waals surface area contributed by atoms with E-state index in [1.165, 1.54) is 21.5 Å². The number of nitrogens with zero attached hydrogens (tertiary/aromatic N) is 1. The number of rotatable bonds is 5. The monoisotopic (exact) mass is 415 g/mol. The van der Waals surface area contributed by atoms with Crippen LogP contribution in [0.4, 0.5) is 0 Å². The van der Waals surface area contributed by atoms with Crippen LogP contribution in [0.5, 0.6) is 0 Å². The molecule has 0 fully saturated rings. The second-order valence-corrected chi connectivity index (χ2v) is 9.10. The zero-order chi connectivity index (χ0) is 20.5. The van der Waals surface area contributed by atoms with Gasteiger partial charge in [-0.25, -0.2) is 4.67 Å². The highest BCUT2D eigenvalue weighted by molar-refractivity contribution is 7.38. The molecule has 0 atom stereocenters. The van der Waals surface area contributed by atoms with E-state index in [0.29, 0.717) is 0 Å². The van der Waals surface area contributed by atoms with Crippen LogP contribution in [0.25, 0.3) is 43.5 Å². The van der Waals surface area contributed by atoms with Gasteiger partial charge in [-0.1, -0.05) is 74.5 Å². The average molecular weight is 415 g/mol. The fourth-order valence-electron chi connectivity index (χ4n) is 4.26. The second-order valence-electron chi connectivity index (χ2n) is 7.69. The highest BCUT2D eigenvalue weighted by Gasteiger charge is 2.16. The molecule has 0 amide bonds. The Morgan fingerprint density at radius 1 is 0.633 bits per heavy atom. The van der Waals surface area contributed by atoms with E-state index in [1.807, 2.05) is 0 Å². The molecule has 0 aliphatic rings. The first-order valence-electron chi connectivity index (χ1n) is 10.7. The van der Waals surface area contributed by atoms with Gasteiger partial charge < -0.3 is 8.39 Å². The predicted octanol–water partition coefficient (Wildman–Crippen LogP) is 8.35. The molecule has 0 aliphatic heterocycles. The summed E-state index contributed by atoms with van der Waals surface area (Å²) in [5.74, 6) is 0. The minimum absolute atomic E-state index is 0.909. The van der Waals surface area contributed by atoms with E-state index in [2.05, 4.69) is 91.3 Å². The zero-order valence-corrected chi connectivity index (χ0v) is 18.4. The van der Waals surface area contributed by atoms with Crippen molar-refractivity contribution in [3.05, 3.63) is 72.8 Å². The summed E-state index contributed by atoms with van der Waals surface area (Å²) in [5, 5.41) is 7.10. The van der Waals surface area contributed by atoms with Crippen molar-refractivity contribution in [1.82, 2.24) is 0 Å². The molecule has 1 aromatic heterocycles. The molecule has 5 aromatic rings. The van der Waals surface area contributed by atoms with Gasteiger partial charge in [-0.15, -0.1) is 0 Å². The van der Waals surface area contributed by atoms with Crippen LogP contribution < -0.4 is 4.67 Å². The molecule has 0 spiro atoms. The summed E-state index contributed by atoms with van der Waals surface area (Å²) in [4.78, 5) is 0. The Hall–Kier alpha value is -2.74. The van der Waals surface area contributed by atoms with Gasteiger partial charge in [-0.05, 0) is 46.5 Å². The van der Waals surface area contributed by atoms with Crippen molar-refractivity contribution in [3.63, 3.8) is 0 Å². The van der Waals surface area contributed by atoms with Crippen molar-refractivity contribution < 1.29 is 8.39 Å². The van der Waals surface area contributed by atoms with Gasteiger partial charge in [0.2, 0.25) is 0 Å². The fourth-order valence-corrected chi connectivity index (χ4v) is 5.90. The summed E-state index contributed by atoms with van der Waals surface area (Å²) in [6.07, 6.45) is 2.14. The smallest absolute Gasteiger partial charge is 0.309 e. The summed E-state index contributed by atoms with van der Waals surface area (Å²) in [5.41, 5.74) is 1.82. The van der Waals surface area contributed by atoms with Crippen LogP contribution >= 0.6 is 8.16 Å². The number of benzene rings is 4. The lowest BCUT2D eigenvalue weighted by atomic mass is 9.99. The maximum absolute atomic E-state index is 6.63. The van der Waals surface area contributed by atoms with Gasteiger partial charge in [0.05, 0.1) is 0 Å². The molecule has 0 saturated heterocycles. The normalized spacial score (nSPS) is 11.8. The molecule has 30 heavy (non-hydrogen) atoms. The highest BCUT2D eigenvalue weighted by Crippen LogP contribution is 2.41. The van der Waals surface area contributed by atoms with Crippen molar-refractivity contribution in [2.75, 3.05) is 17.8 Å². The molecule has 4 heteroatoms. The SMILES string of the molecule is CCCN(CCC)p1oc2ccc3ccccc3c2c2c(ccc3ccccc32)o1. The van der Waals surface area contributed by atoms with Gasteiger partial charge in [-0.3, -0.25) is 0 Å². The van der Waals surface area contributed by atoms with Crippen LogP contribution in [0.1, 0.15) is 26.7 Å². The van der Waals surface area contributed by atoms with Gasteiger partial charge in [0.25, 0.3) is 0 Å². The van der Waals surface area contributed by atoms with E-state index in [4.69, 9.17) is 8.39 Å². The molecule has 0 bridgehead atoms. The molecule has 0 aliphatic carbocycles. The molecule has 4 aromatic carbocycles. The number of fused-ring (bicyclic) bond motifs is 7. The van der Waals surface area contributed by atoms with Crippen molar-refractivity contribution >= 4 is 51.6 Å². The van der Waals surface area contributed by atoms with Gasteiger partial charge in [0.1, 0.15) is 11.2 Å². The number of hydrogen-bond donors (Lipinski definition) is 0. The first kappa shape index (κ1) is 19.2. The third-order valence-corrected chi connectivity index (χ3v) is 7.15. The van der Waals surface area contributed by atoms with Gasteiger partial charge in [0, 0.05) is 23.9 Å². The molecule has 3 nitrogen and oxygen atoms in total. The lowest BCUT2D eigenvalue weighted by Gasteiger charge is -2.16. The van der Waals surface area contributed by atoms with Crippen LogP contribution in [-0.4, -0.2) is 13.1 Å². The Labute approximate surface area is 177 Å². The first-order valence-corrected chi connectivity index (χ1v) is 11.9. The summed E-state index contributed by atoms with van der Waals surface area (Å²) in [6, 6.07) is 25.6. The zero-order valence-electron chi connectivity index (χ0n) is 17.5. The van der Waals surface area contributed by atoms with Crippen LogP contribution in [0.3, 0.4) is 0 Å². The van der Waals surface area contributed by atoms with Crippen LogP contribution in [0, 0.1) is 0 Å². The molecule has 0 saturated carbocycles. The Balaban J connectivity index is 2.01. The van der Waals surface area contributed by atoms with Crippen molar-refractivity contribution in [2.24, 2.45) is 0 Å². The van der Waals surface area contributed by atoms with Gasteiger partial charge in [0.15, 0.2) is 0 Å². The molecule has 0 radical (unpaired) electrons. The van der Waals surface area contributed by atoms with E-state index < -0.39 is 8.16 Å². The minimum Gasteiger partial charge on any atom is -0.408 e. The minimum atomic E-state index is -1.22. The Morgan fingerprint density at radius 2 is 1.10 bits per heavy atom. The van der Waals surface area contributed by atoms with Crippen molar-refractivity contribution in [2.45, 2.75) is 26.7 Å². The van der Waals surface area contributed by atoms with E-state index in [0.717, 1.165) is 47.9 Å². The molecule has 152 valence electrons. The Bertz CT molecular complexity index is 1290. The molecular weight excluding hydrogens is 389 g/mol. The van der Waals surface area contributed by atoms with Crippen LogP contribution in [0.2, 0.25) is 0 Å².